The molecule has 0 bridgehead atoms. The predicted octanol–water partition coefficient (Wildman–Crippen LogP) is 9.22. The Morgan fingerprint density at radius 2 is 1.46 bits per heavy atom. The molecule has 5 rings (SSSR count). The predicted molar refractivity (Wildman–Crippen MR) is 196 cm³/mol. The van der Waals surface area contributed by atoms with Gasteiger partial charge in [0.05, 0.1) is 23.4 Å². The number of aromatic hydroxyl groups is 1. The Morgan fingerprint density at radius 3 is 2.14 bits per heavy atom. The molecule has 0 unspecified atom stereocenters. The molecule has 1 aromatic heterocycles. The lowest BCUT2D eigenvalue weighted by atomic mass is 9.93. The second-order valence-corrected chi connectivity index (χ2v) is 13.4. The summed E-state index contributed by atoms with van der Waals surface area (Å²) < 4.78 is 7.68. The molecular weight excluding hydrogens is 651 g/mol. The van der Waals surface area contributed by atoms with Gasteiger partial charge < -0.3 is 20.7 Å². The molecular formula is C39H45N5O5S. The molecule has 11 heteroatoms. The van der Waals surface area contributed by atoms with Crippen LogP contribution in [0.1, 0.15) is 105 Å². The Bertz CT molecular complexity index is 1910. The summed E-state index contributed by atoms with van der Waals surface area (Å²) in [5.41, 5.74) is 7.49. The van der Waals surface area contributed by atoms with Gasteiger partial charge >= 0.3 is 5.97 Å². The van der Waals surface area contributed by atoms with E-state index in [1.807, 2.05) is 30.3 Å². The van der Waals surface area contributed by atoms with Gasteiger partial charge in [-0.2, -0.15) is 4.68 Å². The Labute approximate surface area is 297 Å². The van der Waals surface area contributed by atoms with Gasteiger partial charge in [-0.3, -0.25) is 4.79 Å². The van der Waals surface area contributed by atoms with Gasteiger partial charge in [0.2, 0.25) is 5.16 Å². The van der Waals surface area contributed by atoms with Crippen molar-refractivity contribution < 1.29 is 24.5 Å². The Morgan fingerprint density at radius 1 is 0.820 bits per heavy atom. The molecule has 0 radical (unpaired) electrons. The smallest absolute Gasteiger partial charge is 0.335 e. The third-order valence-electron chi connectivity index (χ3n) is 8.77. The SMILES string of the molecule is CCCCCCCCCCCCCCOc1ccccc1-c1c(C(N)=O)c(Sc2nnnn2-c2cccc(C(=O)O)c2)c2ccccc2c1O. The van der Waals surface area contributed by atoms with Gasteiger partial charge in [0.1, 0.15) is 11.5 Å². The molecule has 0 aliphatic carbocycles. The molecule has 262 valence electrons. The Kier molecular flexibility index (Phi) is 13.2. The number of aromatic carboxylic acids is 1. The van der Waals surface area contributed by atoms with Crippen molar-refractivity contribution in [3.63, 3.8) is 0 Å². The van der Waals surface area contributed by atoms with Gasteiger partial charge in [0, 0.05) is 26.8 Å². The fourth-order valence-electron chi connectivity index (χ4n) is 6.18. The summed E-state index contributed by atoms with van der Waals surface area (Å²) in [6.07, 6.45) is 15.0. The van der Waals surface area contributed by atoms with E-state index in [2.05, 4.69) is 22.4 Å². The number of nitrogens with two attached hydrogens (primary N) is 1. The number of carboxylic acids is 1. The van der Waals surface area contributed by atoms with E-state index in [-0.39, 0.29) is 27.6 Å². The number of carbonyl (C=O) groups excluding carboxylic acids is 1. The maximum Gasteiger partial charge on any atom is 0.335 e. The quantitative estimate of drug-likeness (QED) is 0.0676. The van der Waals surface area contributed by atoms with Crippen LogP contribution in [-0.4, -0.2) is 48.9 Å². The van der Waals surface area contributed by atoms with Crippen molar-refractivity contribution in [1.82, 2.24) is 20.2 Å². The average molecular weight is 696 g/mol. The van der Waals surface area contributed by atoms with Crippen molar-refractivity contribution in [2.24, 2.45) is 5.73 Å². The van der Waals surface area contributed by atoms with Crippen LogP contribution in [0, 0.1) is 0 Å². The highest BCUT2D eigenvalue weighted by Gasteiger charge is 2.27. The first-order valence-electron chi connectivity index (χ1n) is 17.5. The molecule has 4 aromatic carbocycles. The molecule has 1 amide bonds. The average Bonchev–Trinajstić information content (AvgIpc) is 3.59. The number of nitrogens with zero attached hydrogens (tertiary/aromatic N) is 4. The third kappa shape index (κ3) is 9.01. The lowest BCUT2D eigenvalue weighted by molar-refractivity contribution is 0.0696. The highest BCUT2D eigenvalue weighted by Crippen LogP contribution is 2.48. The second-order valence-electron chi connectivity index (χ2n) is 12.4. The summed E-state index contributed by atoms with van der Waals surface area (Å²) in [7, 11) is 0. The molecule has 0 spiro atoms. The van der Waals surface area contributed by atoms with Crippen LogP contribution in [0.15, 0.2) is 82.8 Å². The Balaban J connectivity index is 1.37. The number of rotatable bonds is 20. The normalized spacial score (nSPS) is 11.2. The van der Waals surface area contributed by atoms with Crippen molar-refractivity contribution in [3.8, 4) is 28.3 Å². The molecule has 1 heterocycles. The van der Waals surface area contributed by atoms with Crippen LogP contribution in [-0.2, 0) is 0 Å². The van der Waals surface area contributed by atoms with Gasteiger partial charge in [0.25, 0.3) is 5.91 Å². The van der Waals surface area contributed by atoms with Crippen molar-refractivity contribution in [3.05, 3.63) is 83.9 Å². The van der Waals surface area contributed by atoms with E-state index in [0.29, 0.717) is 39.3 Å². The van der Waals surface area contributed by atoms with Crippen LogP contribution in [0.2, 0.25) is 0 Å². The minimum Gasteiger partial charge on any atom is -0.507 e. The fourth-order valence-corrected chi connectivity index (χ4v) is 7.26. The first-order chi connectivity index (χ1) is 24.4. The van der Waals surface area contributed by atoms with Crippen molar-refractivity contribution in [2.45, 2.75) is 94.0 Å². The van der Waals surface area contributed by atoms with Crippen molar-refractivity contribution in [2.75, 3.05) is 6.61 Å². The molecule has 0 fully saturated rings. The number of carboxylic acid groups (broad SMARTS) is 1. The summed E-state index contributed by atoms with van der Waals surface area (Å²) in [5, 5.41) is 34.7. The molecule has 0 saturated heterocycles. The maximum atomic E-state index is 13.3. The molecule has 0 saturated carbocycles. The molecule has 50 heavy (non-hydrogen) atoms. The first-order valence-corrected chi connectivity index (χ1v) is 18.3. The number of phenolic OH excluding ortho intramolecular Hbond substituents is 1. The lowest BCUT2D eigenvalue weighted by Gasteiger charge is -2.20. The number of benzene rings is 4. The molecule has 0 atom stereocenters. The van der Waals surface area contributed by atoms with Crippen LogP contribution in [0.3, 0.4) is 0 Å². The van der Waals surface area contributed by atoms with Gasteiger partial charge in [-0.15, -0.1) is 5.10 Å². The van der Waals surface area contributed by atoms with E-state index in [1.54, 1.807) is 30.3 Å². The number of ether oxygens (including phenoxy) is 1. The zero-order valence-corrected chi connectivity index (χ0v) is 29.3. The number of unbranched alkanes of at least 4 members (excludes halogenated alkanes) is 11. The van der Waals surface area contributed by atoms with E-state index < -0.39 is 11.9 Å². The standard InChI is InChI=1S/C39H45N5O5S/c1-2-3-4-5-6-7-8-9-10-11-12-17-25-49-32-24-16-15-23-31(32)33-34(37(40)46)36(30-22-14-13-21-29(30)35(33)45)50-39-41-42-43-44(39)28-20-18-19-27(26-28)38(47)48/h13-16,18-24,26,45H,2-12,17,25H2,1H3,(H2,40,46)(H,47,48). The largest absolute Gasteiger partial charge is 0.507 e. The minimum atomic E-state index is -1.08. The van der Waals surface area contributed by atoms with Crippen LogP contribution < -0.4 is 10.5 Å². The first kappa shape index (κ1) is 36.4. The topological polar surface area (TPSA) is 153 Å². The van der Waals surface area contributed by atoms with E-state index in [4.69, 9.17) is 10.5 Å². The van der Waals surface area contributed by atoms with Crippen molar-refractivity contribution >= 4 is 34.4 Å². The third-order valence-corrected chi connectivity index (χ3v) is 9.84. The summed E-state index contributed by atoms with van der Waals surface area (Å²) in [5.74, 6) is -1.38. The van der Waals surface area contributed by atoms with Crippen LogP contribution in [0.25, 0.3) is 27.6 Å². The second kappa shape index (κ2) is 18.2. The number of fused-ring (bicyclic) bond motifs is 1. The Hall–Kier alpha value is -4.90. The van der Waals surface area contributed by atoms with Crippen LogP contribution in [0.4, 0.5) is 0 Å². The number of aromatic nitrogens is 4. The molecule has 4 N–H and O–H groups in total. The van der Waals surface area contributed by atoms with Gasteiger partial charge in [-0.05, 0) is 52.9 Å². The number of phenols is 1. The fraction of sp³-hybridized carbons (Fsp3) is 0.359. The van der Waals surface area contributed by atoms with Gasteiger partial charge in [-0.1, -0.05) is 126 Å². The van der Waals surface area contributed by atoms with E-state index in [1.165, 1.54) is 81.0 Å². The summed E-state index contributed by atoms with van der Waals surface area (Å²) in [6, 6.07) is 20.7. The number of primary amides is 1. The van der Waals surface area contributed by atoms with E-state index >= 15 is 0 Å². The minimum absolute atomic E-state index is 0.0734. The van der Waals surface area contributed by atoms with Gasteiger partial charge in [0.15, 0.2) is 0 Å². The highest BCUT2D eigenvalue weighted by molar-refractivity contribution is 7.99. The number of para-hydroxylation sites is 1. The summed E-state index contributed by atoms with van der Waals surface area (Å²) in [4.78, 5) is 25.4. The van der Waals surface area contributed by atoms with E-state index in [0.717, 1.165) is 24.6 Å². The molecule has 5 aromatic rings. The maximum absolute atomic E-state index is 13.3. The number of hydrogen-bond donors (Lipinski definition) is 3. The van der Waals surface area contributed by atoms with Crippen LogP contribution >= 0.6 is 11.8 Å². The molecule has 0 aliphatic rings. The van der Waals surface area contributed by atoms with Crippen LogP contribution in [0.5, 0.6) is 11.5 Å². The monoisotopic (exact) mass is 695 g/mol. The highest BCUT2D eigenvalue weighted by atomic mass is 32.2. The zero-order chi connectivity index (χ0) is 35.3. The zero-order valence-electron chi connectivity index (χ0n) is 28.5. The number of tetrazole rings is 1. The molecule has 10 nitrogen and oxygen atoms in total. The van der Waals surface area contributed by atoms with E-state index in [9.17, 15) is 19.8 Å². The number of carbonyl (C=O) groups is 2. The summed E-state index contributed by atoms with van der Waals surface area (Å²) >= 11 is 1.10. The summed E-state index contributed by atoms with van der Waals surface area (Å²) in [6.45, 7) is 2.75. The number of hydrogen-bond acceptors (Lipinski definition) is 8. The number of amides is 1. The lowest BCUT2D eigenvalue weighted by Crippen LogP contribution is -2.15. The van der Waals surface area contributed by atoms with Crippen molar-refractivity contribution in [1.29, 1.82) is 0 Å². The molecule has 0 aliphatic heterocycles. The van der Waals surface area contributed by atoms with Gasteiger partial charge in [-0.25, -0.2) is 4.79 Å².